The van der Waals surface area contributed by atoms with Crippen LogP contribution in [0.15, 0.2) is 0 Å². The summed E-state index contributed by atoms with van der Waals surface area (Å²) in [6.07, 6.45) is 5.57. The summed E-state index contributed by atoms with van der Waals surface area (Å²) >= 11 is 0. The average Bonchev–Trinajstić information content (AvgIpc) is 2.73. The fourth-order valence-corrected chi connectivity index (χ4v) is 2.53. The van der Waals surface area contributed by atoms with Gasteiger partial charge in [0.1, 0.15) is 0 Å². The molecule has 2 N–H and O–H groups in total. The first-order valence-electron chi connectivity index (χ1n) is 8.24. The summed E-state index contributed by atoms with van der Waals surface area (Å²) < 4.78 is 0. The van der Waals surface area contributed by atoms with Crippen LogP contribution >= 0.6 is 0 Å². The van der Waals surface area contributed by atoms with E-state index < -0.39 is 5.91 Å². The summed E-state index contributed by atoms with van der Waals surface area (Å²) in [5.41, 5.74) is 0.0471. The SMILES string of the molecule is CCCCCC(C)(C)CNC(=O)C(=O)N1CCCNCC1. The third-order valence-electron chi connectivity index (χ3n) is 4.01. The smallest absolute Gasteiger partial charge is 0.311 e. The molecule has 21 heavy (non-hydrogen) atoms. The number of carbonyl (C=O) groups excluding carboxylic acids is 2. The van der Waals surface area contributed by atoms with E-state index in [1.165, 1.54) is 19.3 Å². The molecule has 1 saturated heterocycles. The van der Waals surface area contributed by atoms with Crippen LogP contribution in [0.2, 0.25) is 0 Å². The molecule has 0 unspecified atom stereocenters. The van der Waals surface area contributed by atoms with Gasteiger partial charge in [-0.15, -0.1) is 0 Å². The molecule has 0 aromatic rings. The summed E-state index contributed by atoms with van der Waals surface area (Å²) in [5, 5.41) is 6.05. The zero-order valence-electron chi connectivity index (χ0n) is 13.8. The van der Waals surface area contributed by atoms with Crippen molar-refractivity contribution in [2.24, 2.45) is 5.41 Å². The lowest BCUT2D eigenvalue weighted by Crippen LogP contribution is -2.46. The van der Waals surface area contributed by atoms with Gasteiger partial charge in [0.05, 0.1) is 0 Å². The summed E-state index contributed by atoms with van der Waals surface area (Å²) in [6, 6.07) is 0. The highest BCUT2D eigenvalue weighted by Gasteiger charge is 2.25. The number of hydrogen-bond acceptors (Lipinski definition) is 3. The molecule has 1 heterocycles. The molecule has 0 spiro atoms. The lowest BCUT2D eigenvalue weighted by atomic mass is 9.87. The van der Waals surface area contributed by atoms with Gasteiger partial charge >= 0.3 is 11.8 Å². The fraction of sp³-hybridized carbons (Fsp3) is 0.875. The van der Waals surface area contributed by atoms with Crippen molar-refractivity contribution in [3.63, 3.8) is 0 Å². The van der Waals surface area contributed by atoms with Crippen molar-refractivity contribution < 1.29 is 9.59 Å². The van der Waals surface area contributed by atoms with Crippen molar-refractivity contribution in [1.29, 1.82) is 0 Å². The van der Waals surface area contributed by atoms with Gasteiger partial charge in [0, 0.05) is 26.2 Å². The maximum atomic E-state index is 12.1. The molecular weight excluding hydrogens is 266 g/mol. The van der Waals surface area contributed by atoms with Crippen LogP contribution < -0.4 is 10.6 Å². The fourth-order valence-electron chi connectivity index (χ4n) is 2.53. The molecular formula is C16H31N3O2. The molecule has 5 heteroatoms. The van der Waals surface area contributed by atoms with Gasteiger partial charge in [-0.1, -0.05) is 40.0 Å². The van der Waals surface area contributed by atoms with Gasteiger partial charge < -0.3 is 15.5 Å². The number of amides is 2. The standard InChI is InChI=1S/C16H31N3O2/c1-4-5-6-8-16(2,3)13-18-14(20)15(21)19-11-7-9-17-10-12-19/h17H,4-13H2,1-3H3,(H,18,20). The monoisotopic (exact) mass is 297 g/mol. The molecule has 122 valence electrons. The molecule has 1 fully saturated rings. The Hall–Kier alpha value is -1.10. The van der Waals surface area contributed by atoms with E-state index in [-0.39, 0.29) is 11.3 Å². The molecule has 1 aliphatic heterocycles. The first-order valence-corrected chi connectivity index (χ1v) is 8.24. The maximum Gasteiger partial charge on any atom is 0.311 e. The number of nitrogens with one attached hydrogen (secondary N) is 2. The molecule has 0 aromatic heterocycles. The quantitative estimate of drug-likeness (QED) is 0.577. The van der Waals surface area contributed by atoms with Crippen molar-refractivity contribution >= 4 is 11.8 Å². The van der Waals surface area contributed by atoms with Crippen LogP contribution in [-0.4, -0.2) is 49.4 Å². The van der Waals surface area contributed by atoms with E-state index >= 15 is 0 Å². The third kappa shape index (κ3) is 6.93. The van der Waals surface area contributed by atoms with Gasteiger partial charge in [-0.05, 0) is 24.8 Å². The Kier molecular flexibility index (Phi) is 7.72. The van der Waals surface area contributed by atoms with Crippen molar-refractivity contribution in [3.8, 4) is 0 Å². The summed E-state index contributed by atoms with van der Waals surface area (Å²) in [4.78, 5) is 25.8. The molecule has 0 aromatic carbocycles. The average molecular weight is 297 g/mol. The second-order valence-corrected chi connectivity index (χ2v) is 6.70. The molecule has 1 aliphatic rings. The highest BCUT2D eigenvalue weighted by molar-refractivity contribution is 6.35. The Labute approximate surface area is 128 Å². The van der Waals surface area contributed by atoms with Gasteiger partial charge in [-0.2, -0.15) is 0 Å². The van der Waals surface area contributed by atoms with Crippen LogP contribution in [0.1, 0.15) is 52.9 Å². The topological polar surface area (TPSA) is 61.4 Å². The van der Waals surface area contributed by atoms with Crippen molar-refractivity contribution in [1.82, 2.24) is 15.5 Å². The van der Waals surface area contributed by atoms with Crippen LogP contribution in [0.25, 0.3) is 0 Å². The number of nitrogens with zero attached hydrogens (tertiary/aromatic N) is 1. The highest BCUT2D eigenvalue weighted by Crippen LogP contribution is 2.22. The zero-order valence-corrected chi connectivity index (χ0v) is 13.8. The number of rotatable bonds is 6. The van der Waals surface area contributed by atoms with E-state index in [2.05, 4.69) is 31.4 Å². The third-order valence-corrected chi connectivity index (χ3v) is 4.01. The number of unbranched alkanes of at least 4 members (excludes halogenated alkanes) is 2. The van der Waals surface area contributed by atoms with Crippen LogP contribution in [0.4, 0.5) is 0 Å². The van der Waals surface area contributed by atoms with Gasteiger partial charge in [0.15, 0.2) is 0 Å². The van der Waals surface area contributed by atoms with Crippen molar-refractivity contribution in [2.45, 2.75) is 52.9 Å². The molecule has 0 radical (unpaired) electrons. The van der Waals surface area contributed by atoms with Crippen LogP contribution in [0.3, 0.4) is 0 Å². The second kappa shape index (κ2) is 9.03. The molecule has 0 saturated carbocycles. The van der Waals surface area contributed by atoms with E-state index in [4.69, 9.17) is 0 Å². The molecule has 5 nitrogen and oxygen atoms in total. The van der Waals surface area contributed by atoms with Gasteiger partial charge in [0.25, 0.3) is 0 Å². The van der Waals surface area contributed by atoms with E-state index in [9.17, 15) is 9.59 Å². The Balaban J connectivity index is 2.35. The first-order chi connectivity index (χ1) is 9.96. The lowest BCUT2D eigenvalue weighted by molar-refractivity contribution is -0.145. The van der Waals surface area contributed by atoms with E-state index in [0.29, 0.717) is 19.6 Å². The minimum absolute atomic E-state index is 0.0471. The van der Waals surface area contributed by atoms with E-state index in [1.54, 1.807) is 4.90 Å². The van der Waals surface area contributed by atoms with Gasteiger partial charge in [-0.25, -0.2) is 0 Å². The largest absolute Gasteiger partial charge is 0.347 e. The summed E-state index contributed by atoms with van der Waals surface area (Å²) in [5.74, 6) is -0.844. The van der Waals surface area contributed by atoms with Crippen molar-refractivity contribution in [3.05, 3.63) is 0 Å². The Morgan fingerprint density at radius 3 is 2.67 bits per heavy atom. The van der Waals surface area contributed by atoms with E-state index in [0.717, 1.165) is 25.9 Å². The zero-order chi connectivity index (χ0) is 15.7. The molecule has 0 bridgehead atoms. The van der Waals surface area contributed by atoms with E-state index in [1.807, 2.05) is 0 Å². The minimum Gasteiger partial charge on any atom is -0.347 e. The first kappa shape index (κ1) is 18.0. The van der Waals surface area contributed by atoms with Crippen LogP contribution in [0, 0.1) is 5.41 Å². The number of carbonyl (C=O) groups is 2. The molecule has 0 atom stereocenters. The molecule has 2 amide bonds. The molecule has 0 aliphatic carbocycles. The Morgan fingerprint density at radius 1 is 1.19 bits per heavy atom. The van der Waals surface area contributed by atoms with Crippen LogP contribution in [0.5, 0.6) is 0 Å². The van der Waals surface area contributed by atoms with Gasteiger partial charge in [-0.3, -0.25) is 9.59 Å². The Morgan fingerprint density at radius 2 is 1.95 bits per heavy atom. The van der Waals surface area contributed by atoms with Gasteiger partial charge in [0.2, 0.25) is 0 Å². The highest BCUT2D eigenvalue weighted by atomic mass is 16.2. The molecule has 1 rings (SSSR count). The second-order valence-electron chi connectivity index (χ2n) is 6.70. The van der Waals surface area contributed by atoms with Crippen molar-refractivity contribution in [2.75, 3.05) is 32.7 Å². The normalized spacial score (nSPS) is 16.4. The maximum absolute atomic E-state index is 12.1. The lowest BCUT2D eigenvalue weighted by Gasteiger charge is -2.26. The summed E-state index contributed by atoms with van der Waals surface area (Å²) in [6.45, 7) is 9.99. The number of hydrogen-bond donors (Lipinski definition) is 2. The Bertz CT molecular complexity index is 334. The summed E-state index contributed by atoms with van der Waals surface area (Å²) in [7, 11) is 0. The predicted octanol–water partition coefficient (Wildman–Crippen LogP) is 1.53. The predicted molar refractivity (Wildman–Crippen MR) is 85.0 cm³/mol. The van der Waals surface area contributed by atoms with Crippen LogP contribution in [-0.2, 0) is 9.59 Å². The minimum atomic E-state index is -0.458.